The maximum absolute atomic E-state index is 12.3. The number of carbonyl (C=O) groups excluding carboxylic acids is 1. The van der Waals surface area contributed by atoms with Gasteiger partial charge in [0.15, 0.2) is 5.82 Å². The van der Waals surface area contributed by atoms with E-state index in [1.165, 1.54) is 38.5 Å². The van der Waals surface area contributed by atoms with E-state index in [1.807, 2.05) is 6.07 Å². The molecule has 7 heteroatoms. The van der Waals surface area contributed by atoms with Crippen LogP contribution in [0.4, 0.5) is 5.82 Å². The van der Waals surface area contributed by atoms with Crippen LogP contribution in [0.3, 0.4) is 0 Å². The van der Waals surface area contributed by atoms with E-state index in [4.69, 9.17) is 10.5 Å². The topological polar surface area (TPSA) is 93.0 Å². The van der Waals surface area contributed by atoms with Gasteiger partial charge in [-0.1, -0.05) is 25.7 Å². The number of anilines is 1. The number of ether oxygens (including phenoxy) is 1. The van der Waals surface area contributed by atoms with E-state index >= 15 is 0 Å². The Morgan fingerprint density at radius 1 is 1.21 bits per heavy atom. The van der Waals surface area contributed by atoms with Crippen LogP contribution in [0.5, 0.6) is 0 Å². The van der Waals surface area contributed by atoms with E-state index in [-0.39, 0.29) is 24.2 Å². The molecule has 1 aromatic heterocycles. The van der Waals surface area contributed by atoms with Crippen molar-refractivity contribution in [3.05, 3.63) is 11.8 Å². The van der Waals surface area contributed by atoms with Crippen LogP contribution in [0.25, 0.3) is 0 Å². The number of aromatic nitrogens is 2. The standard InChI is InChI=1S/C17H28N4O2.ClH/c18-16(13-7-9-23-10-8-13)17(22)19-15-11-14(20-21-15)12-5-3-1-2-4-6-12;/h11-13,16H,1-10,18H2,(H2,19,20,21,22);1H. The van der Waals surface area contributed by atoms with Gasteiger partial charge in [-0.2, -0.15) is 5.10 Å². The number of rotatable bonds is 4. The third-order valence-corrected chi connectivity index (χ3v) is 5.22. The van der Waals surface area contributed by atoms with Crippen molar-refractivity contribution in [2.45, 2.75) is 63.3 Å². The summed E-state index contributed by atoms with van der Waals surface area (Å²) < 4.78 is 5.32. The summed E-state index contributed by atoms with van der Waals surface area (Å²) in [6.45, 7) is 1.39. The third kappa shape index (κ3) is 4.94. The van der Waals surface area contributed by atoms with E-state index < -0.39 is 6.04 Å². The Bertz CT molecular complexity index is 508. The van der Waals surface area contributed by atoms with Crippen molar-refractivity contribution in [3.8, 4) is 0 Å². The van der Waals surface area contributed by atoms with Gasteiger partial charge in [-0.3, -0.25) is 9.89 Å². The van der Waals surface area contributed by atoms with Crippen molar-refractivity contribution in [1.82, 2.24) is 10.2 Å². The molecule has 1 saturated carbocycles. The van der Waals surface area contributed by atoms with Gasteiger partial charge in [0.1, 0.15) is 0 Å². The highest BCUT2D eigenvalue weighted by Crippen LogP contribution is 2.31. The molecule has 2 aliphatic rings. The molecule has 1 atom stereocenters. The fraction of sp³-hybridized carbons (Fsp3) is 0.765. The summed E-state index contributed by atoms with van der Waals surface area (Å²) in [6, 6.07) is 1.49. The van der Waals surface area contributed by atoms with E-state index in [0.29, 0.717) is 24.9 Å². The van der Waals surface area contributed by atoms with Crippen LogP contribution in [0, 0.1) is 5.92 Å². The summed E-state index contributed by atoms with van der Waals surface area (Å²) in [5.74, 6) is 1.19. The fourth-order valence-electron chi connectivity index (χ4n) is 3.70. The van der Waals surface area contributed by atoms with E-state index in [9.17, 15) is 4.79 Å². The minimum Gasteiger partial charge on any atom is -0.381 e. The number of H-pyrrole nitrogens is 1. The number of nitrogens with one attached hydrogen (secondary N) is 2. The summed E-state index contributed by atoms with van der Waals surface area (Å²) >= 11 is 0. The number of hydrogen-bond donors (Lipinski definition) is 3. The fourth-order valence-corrected chi connectivity index (χ4v) is 3.70. The third-order valence-electron chi connectivity index (χ3n) is 5.22. The molecule has 6 nitrogen and oxygen atoms in total. The highest BCUT2D eigenvalue weighted by Gasteiger charge is 2.27. The van der Waals surface area contributed by atoms with Crippen LogP contribution in [0.1, 0.15) is 63.0 Å². The van der Waals surface area contributed by atoms with Gasteiger partial charge in [-0.05, 0) is 31.6 Å². The Labute approximate surface area is 149 Å². The van der Waals surface area contributed by atoms with Gasteiger partial charge < -0.3 is 15.8 Å². The van der Waals surface area contributed by atoms with Crippen LogP contribution in [-0.2, 0) is 9.53 Å². The van der Waals surface area contributed by atoms with Gasteiger partial charge in [0.25, 0.3) is 0 Å². The van der Waals surface area contributed by atoms with Crippen LogP contribution in [0.15, 0.2) is 6.07 Å². The normalized spacial score (nSPS) is 21.5. The van der Waals surface area contributed by atoms with Gasteiger partial charge in [0, 0.05) is 30.9 Å². The Balaban J connectivity index is 0.00000208. The molecule has 1 saturated heterocycles. The summed E-state index contributed by atoms with van der Waals surface area (Å²) in [5, 5.41) is 10.2. The van der Waals surface area contributed by atoms with Crippen molar-refractivity contribution in [2.75, 3.05) is 18.5 Å². The molecule has 3 rings (SSSR count). The Morgan fingerprint density at radius 3 is 2.54 bits per heavy atom. The molecule has 1 aliphatic heterocycles. The molecule has 1 aromatic rings. The minimum atomic E-state index is -0.489. The lowest BCUT2D eigenvalue weighted by Crippen LogP contribution is -2.44. The first-order chi connectivity index (χ1) is 11.2. The number of halogens is 1. The lowest BCUT2D eigenvalue weighted by molar-refractivity contribution is -0.119. The highest BCUT2D eigenvalue weighted by atomic mass is 35.5. The van der Waals surface area contributed by atoms with Gasteiger partial charge in [-0.25, -0.2) is 0 Å². The predicted octanol–water partition coefficient (Wildman–Crippen LogP) is 2.96. The molecule has 0 aromatic carbocycles. The van der Waals surface area contributed by atoms with E-state index in [1.54, 1.807) is 0 Å². The minimum absolute atomic E-state index is 0. The molecule has 1 amide bonds. The molecular formula is C17H29ClN4O2. The average Bonchev–Trinajstić information content (AvgIpc) is 2.87. The first-order valence-corrected chi connectivity index (χ1v) is 8.93. The number of hydrogen-bond acceptors (Lipinski definition) is 4. The number of nitrogens with two attached hydrogens (primary N) is 1. The second-order valence-electron chi connectivity index (χ2n) is 6.86. The molecule has 136 valence electrons. The van der Waals surface area contributed by atoms with Crippen LogP contribution in [0.2, 0.25) is 0 Å². The SMILES string of the molecule is Cl.NC(C(=O)Nc1cc(C2CCCCCC2)[nH]n1)C1CCOCC1. The monoisotopic (exact) mass is 356 g/mol. The predicted molar refractivity (Wildman–Crippen MR) is 96.4 cm³/mol. The number of nitrogens with zero attached hydrogens (tertiary/aromatic N) is 1. The van der Waals surface area contributed by atoms with Gasteiger partial charge in [0.2, 0.25) is 5.91 Å². The largest absolute Gasteiger partial charge is 0.381 e. The molecule has 0 spiro atoms. The number of amides is 1. The van der Waals surface area contributed by atoms with Crippen molar-refractivity contribution in [3.63, 3.8) is 0 Å². The van der Waals surface area contributed by atoms with Crippen molar-refractivity contribution >= 4 is 24.1 Å². The quantitative estimate of drug-likeness (QED) is 0.723. The van der Waals surface area contributed by atoms with Crippen molar-refractivity contribution < 1.29 is 9.53 Å². The second kappa shape index (κ2) is 9.39. The molecular weight excluding hydrogens is 328 g/mol. The lowest BCUT2D eigenvalue weighted by Gasteiger charge is -2.26. The van der Waals surface area contributed by atoms with Gasteiger partial charge >= 0.3 is 0 Å². The number of carbonyl (C=O) groups is 1. The molecule has 1 unspecified atom stereocenters. The zero-order valence-electron chi connectivity index (χ0n) is 14.1. The molecule has 4 N–H and O–H groups in total. The summed E-state index contributed by atoms with van der Waals surface area (Å²) in [6.07, 6.45) is 9.32. The van der Waals surface area contributed by atoms with Crippen LogP contribution < -0.4 is 11.1 Å². The molecule has 0 bridgehead atoms. The molecule has 24 heavy (non-hydrogen) atoms. The van der Waals surface area contributed by atoms with Crippen molar-refractivity contribution in [1.29, 1.82) is 0 Å². The van der Waals surface area contributed by atoms with Crippen LogP contribution >= 0.6 is 12.4 Å². The molecule has 2 fully saturated rings. The summed E-state index contributed by atoms with van der Waals surface area (Å²) in [5.41, 5.74) is 7.25. The van der Waals surface area contributed by atoms with E-state index in [2.05, 4.69) is 15.5 Å². The summed E-state index contributed by atoms with van der Waals surface area (Å²) in [7, 11) is 0. The molecule has 1 aliphatic carbocycles. The molecule has 0 radical (unpaired) electrons. The van der Waals surface area contributed by atoms with Crippen LogP contribution in [-0.4, -0.2) is 35.4 Å². The zero-order chi connectivity index (χ0) is 16.1. The highest BCUT2D eigenvalue weighted by molar-refractivity contribution is 5.94. The maximum atomic E-state index is 12.3. The second-order valence-corrected chi connectivity index (χ2v) is 6.86. The Kier molecular flexibility index (Phi) is 7.52. The Hall–Kier alpha value is -1.11. The zero-order valence-corrected chi connectivity index (χ0v) is 14.9. The summed E-state index contributed by atoms with van der Waals surface area (Å²) in [4.78, 5) is 12.3. The van der Waals surface area contributed by atoms with Gasteiger partial charge in [-0.15, -0.1) is 12.4 Å². The first-order valence-electron chi connectivity index (χ1n) is 8.93. The van der Waals surface area contributed by atoms with Crippen molar-refractivity contribution in [2.24, 2.45) is 11.7 Å². The average molecular weight is 357 g/mol. The number of aromatic amines is 1. The Morgan fingerprint density at radius 2 is 1.88 bits per heavy atom. The van der Waals surface area contributed by atoms with Gasteiger partial charge in [0.05, 0.1) is 6.04 Å². The van der Waals surface area contributed by atoms with E-state index in [0.717, 1.165) is 18.5 Å². The first kappa shape index (κ1) is 19.2. The maximum Gasteiger partial charge on any atom is 0.242 e. The smallest absolute Gasteiger partial charge is 0.242 e. The molecule has 2 heterocycles. The lowest BCUT2D eigenvalue weighted by atomic mass is 9.92.